The highest BCUT2D eigenvalue weighted by molar-refractivity contribution is 6.51. The first kappa shape index (κ1) is 26.8. The second-order valence-corrected chi connectivity index (χ2v) is 9.84. The maximum atomic E-state index is 13.4. The van der Waals surface area contributed by atoms with E-state index in [9.17, 15) is 14.7 Å². The second kappa shape index (κ2) is 11.4. The van der Waals surface area contributed by atoms with Crippen LogP contribution in [0.15, 0.2) is 78.4 Å². The third-order valence-corrected chi connectivity index (χ3v) is 6.05. The number of anilines is 1. The highest BCUT2D eigenvalue weighted by Gasteiger charge is 2.47. The molecule has 1 aliphatic heterocycles. The van der Waals surface area contributed by atoms with Crippen molar-refractivity contribution in [2.75, 3.05) is 18.6 Å². The Morgan fingerprint density at radius 3 is 2.16 bits per heavy atom. The van der Waals surface area contributed by atoms with E-state index in [2.05, 4.69) is 13.8 Å². The zero-order valence-electron chi connectivity index (χ0n) is 22.3. The van der Waals surface area contributed by atoms with E-state index in [-0.39, 0.29) is 17.4 Å². The number of methoxy groups -OCH3 is 1. The lowest BCUT2D eigenvalue weighted by Crippen LogP contribution is -2.29. The number of Topliss-reactive ketones (excluding diaryl/α,β-unsaturated/α-hetero) is 1. The number of carbonyl (C=O) groups is 2. The first-order chi connectivity index (χ1) is 18.2. The number of aliphatic hydroxyl groups is 1. The SMILES string of the molecule is COc1ccc(N2C(=O)C(=O)/C(=C(\O)c3ccc(OCC(C)C)cc3)C2c2cccc(OC(C)C)c2)cc1. The van der Waals surface area contributed by atoms with E-state index in [0.29, 0.717) is 46.6 Å². The lowest BCUT2D eigenvalue weighted by atomic mass is 9.95. The Morgan fingerprint density at radius 1 is 0.895 bits per heavy atom. The third-order valence-electron chi connectivity index (χ3n) is 6.05. The average Bonchev–Trinajstić information content (AvgIpc) is 3.17. The molecule has 3 aromatic carbocycles. The van der Waals surface area contributed by atoms with Gasteiger partial charge in [-0.25, -0.2) is 0 Å². The van der Waals surface area contributed by atoms with Crippen LogP contribution in [0.2, 0.25) is 0 Å². The van der Waals surface area contributed by atoms with Crippen molar-refractivity contribution in [1.82, 2.24) is 0 Å². The number of hydrogen-bond donors (Lipinski definition) is 1. The number of nitrogens with zero attached hydrogens (tertiary/aromatic N) is 1. The van der Waals surface area contributed by atoms with Crippen molar-refractivity contribution in [1.29, 1.82) is 0 Å². The van der Waals surface area contributed by atoms with Gasteiger partial charge in [0.25, 0.3) is 11.7 Å². The molecule has 1 unspecified atom stereocenters. The fourth-order valence-corrected chi connectivity index (χ4v) is 4.31. The number of hydrogen-bond acceptors (Lipinski definition) is 6. The minimum absolute atomic E-state index is 0.00311. The van der Waals surface area contributed by atoms with Gasteiger partial charge >= 0.3 is 0 Å². The summed E-state index contributed by atoms with van der Waals surface area (Å²) < 4.78 is 16.9. The van der Waals surface area contributed by atoms with E-state index in [4.69, 9.17) is 14.2 Å². The maximum absolute atomic E-state index is 13.4. The van der Waals surface area contributed by atoms with Crippen LogP contribution >= 0.6 is 0 Å². The molecule has 0 bridgehead atoms. The smallest absolute Gasteiger partial charge is 0.300 e. The van der Waals surface area contributed by atoms with E-state index in [0.717, 1.165) is 0 Å². The molecule has 0 aromatic heterocycles. The summed E-state index contributed by atoms with van der Waals surface area (Å²) in [6.45, 7) is 8.52. The molecule has 38 heavy (non-hydrogen) atoms. The molecule has 198 valence electrons. The zero-order chi connectivity index (χ0) is 27.4. The van der Waals surface area contributed by atoms with Gasteiger partial charge in [0.1, 0.15) is 23.0 Å². The van der Waals surface area contributed by atoms with Gasteiger partial charge in [0.15, 0.2) is 0 Å². The molecule has 0 aliphatic carbocycles. The quantitative estimate of drug-likeness (QED) is 0.209. The number of ketones is 1. The Balaban J connectivity index is 1.82. The molecule has 0 radical (unpaired) electrons. The van der Waals surface area contributed by atoms with Crippen LogP contribution in [0.4, 0.5) is 5.69 Å². The van der Waals surface area contributed by atoms with Crippen LogP contribution in [0.25, 0.3) is 5.76 Å². The lowest BCUT2D eigenvalue weighted by molar-refractivity contribution is -0.132. The summed E-state index contributed by atoms with van der Waals surface area (Å²) in [5.41, 5.74) is 1.55. The van der Waals surface area contributed by atoms with Crippen LogP contribution < -0.4 is 19.1 Å². The molecule has 1 saturated heterocycles. The van der Waals surface area contributed by atoms with E-state index in [1.54, 1.807) is 61.7 Å². The predicted octanol–water partition coefficient (Wildman–Crippen LogP) is 6.14. The minimum Gasteiger partial charge on any atom is -0.507 e. The molecular weight excluding hydrogens is 482 g/mol. The monoisotopic (exact) mass is 515 g/mol. The summed E-state index contributed by atoms with van der Waals surface area (Å²) >= 11 is 0. The Kier molecular flexibility index (Phi) is 8.05. The summed E-state index contributed by atoms with van der Waals surface area (Å²) in [6.07, 6.45) is -0.0605. The van der Waals surface area contributed by atoms with Gasteiger partial charge in [-0.15, -0.1) is 0 Å². The van der Waals surface area contributed by atoms with Crippen molar-refractivity contribution < 1.29 is 28.9 Å². The van der Waals surface area contributed by atoms with Crippen LogP contribution in [0, 0.1) is 5.92 Å². The van der Waals surface area contributed by atoms with Crippen molar-refractivity contribution in [2.45, 2.75) is 39.8 Å². The summed E-state index contributed by atoms with van der Waals surface area (Å²) in [5.74, 6) is 0.498. The predicted molar refractivity (Wildman–Crippen MR) is 147 cm³/mol. The lowest BCUT2D eigenvalue weighted by Gasteiger charge is -2.26. The van der Waals surface area contributed by atoms with Crippen molar-refractivity contribution in [3.05, 3.63) is 89.5 Å². The Morgan fingerprint density at radius 2 is 1.55 bits per heavy atom. The van der Waals surface area contributed by atoms with E-state index < -0.39 is 17.7 Å². The van der Waals surface area contributed by atoms with Gasteiger partial charge in [0.2, 0.25) is 0 Å². The molecule has 1 heterocycles. The van der Waals surface area contributed by atoms with Gasteiger partial charge in [-0.1, -0.05) is 26.0 Å². The molecule has 1 fully saturated rings. The first-order valence-corrected chi connectivity index (χ1v) is 12.6. The van der Waals surface area contributed by atoms with Gasteiger partial charge in [-0.3, -0.25) is 14.5 Å². The van der Waals surface area contributed by atoms with Crippen molar-refractivity contribution >= 4 is 23.1 Å². The molecule has 7 nitrogen and oxygen atoms in total. The molecule has 1 atom stereocenters. The minimum atomic E-state index is -0.865. The number of aliphatic hydroxyl groups excluding tert-OH is 1. The largest absolute Gasteiger partial charge is 0.507 e. The van der Waals surface area contributed by atoms with Gasteiger partial charge < -0.3 is 19.3 Å². The molecule has 7 heteroatoms. The van der Waals surface area contributed by atoms with Crippen LogP contribution in [-0.2, 0) is 9.59 Å². The second-order valence-electron chi connectivity index (χ2n) is 9.84. The molecule has 1 aliphatic rings. The highest BCUT2D eigenvalue weighted by Crippen LogP contribution is 2.43. The number of amides is 1. The number of carbonyl (C=O) groups excluding carboxylic acids is 2. The van der Waals surface area contributed by atoms with Crippen molar-refractivity contribution in [3.8, 4) is 17.2 Å². The maximum Gasteiger partial charge on any atom is 0.300 e. The standard InChI is InChI=1S/C31H33NO6/c1-19(2)18-37-25-13-9-21(10-14-25)29(33)27-28(22-7-6-8-26(17-22)38-20(3)4)32(31(35)30(27)34)23-11-15-24(36-5)16-12-23/h6-17,19-20,28,33H,18H2,1-5H3/b29-27-. The summed E-state index contributed by atoms with van der Waals surface area (Å²) in [5, 5.41) is 11.4. The summed E-state index contributed by atoms with van der Waals surface area (Å²) in [4.78, 5) is 28.2. The van der Waals surface area contributed by atoms with Crippen LogP contribution in [0.5, 0.6) is 17.2 Å². The fourth-order valence-electron chi connectivity index (χ4n) is 4.31. The summed E-state index contributed by atoms with van der Waals surface area (Å²) in [6, 6.07) is 20.1. The topological polar surface area (TPSA) is 85.3 Å². The van der Waals surface area contributed by atoms with Gasteiger partial charge in [-0.2, -0.15) is 0 Å². The Labute approximate surface area is 223 Å². The van der Waals surface area contributed by atoms with Crippen LogP contribution in [0.1, 0.15) is 44.9 Å². The molecule has 0 saturated carbocycles. The fraction of sp³-hybridized carbons (Fsp3) is 0.290. The number of benzene rings is 3. The van der Waals surface area contributed by atoms with Crippen molar-refractivity contribution in [3.63, 3.8) is 0 Å². The van der Waals surface area contributed by atoms with Gasteiger partial charge in [0, 0.05) is 11.3 Å². The van der Waals surface area contributed by atoms with Crippen molar-refractivity contribution in [2.24, 2.45) is 5.92 Å². The van der Waals surface area contributed by atoms with E-state index in [1.807, 2.05) is 32.0 Å². The zero-order valence-corrected chi connectivity index (χ0v) is 22.3. The summed E-state index contributed by atoms with van der Waals surface area (Å²) in [7, 11) is 1.56. The number of rotatable bonds is 9. The molecule has 1 N–H and O–H groups in total. The first-order valence-electron chi connectivity index (χ1n) is 12.6. The Bertz CT molecular complexity index is 1330. The third kappa shape index (κ3) is 5.67. The molecule has 1 amide bonds. The molecule has 4 rings (SSSR count). The molecular formula is C31H33NO6. The molecule has 0 spiro atoms. The highest BCUT2D eigenvalue weighted by atomic mass is 16.5. The van der Waals surface area contributed by atoms with Gasteiger partial charge in [-0.05, 0) is 86.0 Å². The normalized spacial score (nSPS) is 16.8. The average molecular weight is 516 g/mol. The van der Waals surface area contributed by atoms with E-state index >= 15 is 0 Å². The Hall–Kier alpha value is -4.26. The van der Waals surface area contributed by atoms with Crippen LogP contribution in [-0.4, -0.2) is 36.6 Å². The molecule has 3 aromatic rings. The van der Waals surface area contributed by atoms with Crippen LogP contribution in [0.3, 0.4) is 0 Å². The number of ether oxygens (including phenoxy) is 3. The van der Waals surface area contributed by atoms with Gasteiger partial charge in [0.05, 0.1) is 31.4 Å². The van der Waals surface area contributed by atoms with E-state index in [1.165, 1.54) is 4.90 Å².